The molecule has 0 unspecified atom stereocenters. The Morgan fingerprint density at radius 3 is 2.44 bits per heavy atom. The molecule has 1 N–H and O–H groups in total. The number of aromatic nitrogens is 2. The number of rotatable bonds is 7. The maximum Gasteiger partial charge on any atom is 0.252 e. The number of hydrogen-bond acceptors (Lipinski definition) is 5. The quantitative estimate of drug-likeness (QED) is 0.395. The highest BCUT2D eigenvalue weighted by Gasteiger charge is 2.48. The first-order chi connectivity index (χ1) is 19.1. The van der Waals surface area contributed by atoms with Crippen LogP contribution >= 0.6 is 11.6 Å². The van der Waals surface area contributed by atoms with Gasteiger partial charge in [0.05, 0.1) is 0 Å². The van der Waals surface area contributed by atoms with Gasteiger partial charge in [-0.05, 0) is 43.2 Å². The van der Waals surface area contributed by atoms with Crippen LogP contribution in [0.25, 0.3) is 0 Å². The summed E-state index contributed by atoms with van der Waals surface area (Å²) in [7, 11) is 0. The first-order valence-corrected chi connectivity index (χ1v) is 13.1. The van der Waals surface area contributed by atoms with Crippen LogP contribution in [0.15, 0.2) is 67.0 Å². The van der Waals surface area contributed by atoms with Crippen LogP contribution in [0.1, 0.15) is 51.1 Å². The molecule has 1 saturated heterocycles. The fourth-order valence-corrected chi connectivity index (χ4v) is 5.34. The maximum absolute atomic E-state index is 14.5. The molecule has 1 aliphatic carbocycles. The van der Waals surface area contributed by atoms with E-state index in [1.54, 1.807) is 18.2 Å². The second kappa shape index (κ2) is 12.3. The van der Waals surface area contributed by atoms with E-state index in [1.165, 1.54) is 47.6 Å². The molecule has 1 saturated carbocycles. The Hall–Kier alpha value is -3.99. The van der Waals surface area contributed by atoms with E-state index in [1.807, 2.05) is 0 Å². The van der Waals surface area contributed by atoms with E-state index in [2.05, 4.69) is 15.3 Å². The molecule has 1 aromatic heterocycles. The van der Waals surface area contributed by atoms with Gasteiger partial charge in [-0.15, -0.1) is 0 Å². The molecule has 12 heteroatoms. The topological polar surface area (TPSA) is 95.5 Å². The van der Waals surface area contributed by atoms with Crippen molar-refractivity contribution in [1.29, 1.82) is 0 Å². The normalized spacial score (nSPS) is 19.0. The summed E-state index contributed by atoms with van der Waals surface area (Å²) in [4.78, 5) is 51.9. The SMILES string of the molecule is C.O=C(NC1CC(F)(F)C1)[C@@H](c1ccccc1Cl)N(C(=O)[C@@H]1CCCC(=O)N1c1ncccn1)c1cccc(F)c1. The van der Waals surface area contributed by atoms with E-state index >= 15 is 0 Å². The molecule has 8 nitrogen and oxygen atoms in total. The predicted molar refractivity (Wildman–Crippen MR) is 148 cm³/mol. The van der Waals surface area contributed by atoms with Crippen molar-refractivity contribution in [3.63, 3.8) is 0 Å². The van der Waals surface area contributed by atoms with Gasteiger partial charge in [0.1, 0.15) is 17.9 Å². The average molecular weight is 588 g/mol. The molecule has 41 heavy (non-hydrogen) atoms. The smallest absolute Gasteiger partial charge is 0.252 e. The van der Waals surface area contributed by atoms with E-state index in [4.69, 9.17) is 11.6 Å². The number of hydrogen-bond donors (Lipinski definition) is 1. The minimum absolute atomic E-state index is 0. The number of nitrogens with one attached hydrogen (secondary N) is 1. The first kappa shape index (κ1) is 30.0. The second-order valence-electron chi connectivity index (χ2n) is 9.80. The molecule has 0 bridgehead atoms. The van der Waals surface area contributed by atoms with Crippen LogP contribution in [0.2, 0.25) is 5.02 Å². The summed E-state index contributed by atoms with van der Waals surface area (Å²) in [5, 5.41) is 2.74. The summed E-state index contributed by atoms with van der Waals surface area (Å²) in [6.07, 6.45) is 2.55. The van der Waals surface area contributed by atoms with Crippen LogP contribution in [0.4, 0.5) is 24.8 Å². The van der Waals surface area contributed by atoms with Gasteiger partial charge in [-0.1, -0.05) is 43.3 Å². The molecule has 0 spiro atoms. The first-order valence-electron chi connectivity index (χ1n) is 12.7. The summed E-state index contributed by atoms with van der Waals surface area (Å²) in [6.45, 7) is 0. The highest BCUT2D eigenvalue weighted by Crippen LogP contribution is 2.39. The number of piperidine rings is 1. The zero-order valence-corrected chi connectivity index (χ0v) is 21.9. The van der Waals surface area contributed by atoms with Crippen molar-refractivity contribution in [2.24, 2.45) is 0 Å². The third kappa shape index (κ3) is 6.35. The molecule has 1 aliphatic heterocycles. The van der Waals surface area contributed by atoms with Crippen LogP contribution in [0.3, 0.4) is 0 Å². The largest absolute Gasteiger partial charge is 0.351 e. The zero-order valence-electron chi connectivity index (χ0n) is 21.1. The molecule has 3 aromatic rings. The van der Waals surface area contributed by atoms with E-state index < -0.39 is 54.5 Å². The monoisotopic (exact) mass is 587 g/mol. The minimum Gasteiger partial charge on any atom is -0.351 e. The van der Waals surface area contributed by atoms with E-state index in [-0.39, 0.29) is 48.4 Å². The van der Waals surface area contributed by atoms with Crippen LogP contribution in [-0.2, 0) is 14.4 Å². The molecule has 5 rings (SSSR count). The van der Waals surface area contributed by atoms with E-state index in [0.29, 0.717) is 6.42 Å². The number of anilines is 2. The third-order valence-corrected chi connectivity index (χ3v) is 7.31. The third-order valence-electron chi connectivity index (χ3n) is 6.97. The van der Waals surface area contributed by atoms with Crippen molar-refractivity contribution >= 4 is 41.0 Å². The Bertz CT molecular complexity index is 1420. The summed E-state index contributed by atoms with van der Waals surface area (Å²) >= 11 is 6.50. The second-order valence-corrected chi connectivity index (χ2v) is 10.2. The van der Waals surface area contributed by atoms with Crippen molar-refractivity contribution in [2.45, 2.75) is 63.6 Å². The fourth-order valence-electron chi connectivity index (χ4n) is 5.10. The van der Waals surface area contributed by atoms with Gasteiger partial charge in [0, 0.05) is 54.0 Å². The van der Waals surface area contributed by atoms with E-state index in [0.717, 1.165) is 11.0 Å². The van der Waals surface area contributed by atoms with Crippen LogP contribution in [0, 0.1) is 5.82 Å². The maximum atomic E-state index is 14.5. The molecule has 2 fully saturated rings. The molecule has 2 aliphatic rings. The number of benzene rings is 2. The molecule has 2 aromatic carbocycles. The molecule has 0 radical (unpaired) electrons. The van der Waals surface area contributed by atoms with Crippen molar-refractivity contribution in [3.05, 3.63) is 83.4 Å². The standard InChI is InChI=1S/C28H25ClF3N5O3.CH4/c29-21-9-2-1-8-20(21)24(25(39)35-18-15-28(31,32)16-18)36(19-7-3-6-17(30)14-19)26(40)22-10-4-11-23(38)37(22)27-33-12-5-13-34-27;/h1-3,5-9,12-14,18,22,24H,4,10-11,15-16H2,(H,35,39);1H4/t22-,24+;/m0./s1. The lowest BCUT2D eigenvalue weighted by Gasteiger charge is -2.41. The van der Waals surface area contributed by atoms with Crippen LogP contribution in [0.5, 0.6) is 0 Å². The van der Waals surface area contributed by atoms with Crippen molar-refractivity contribution in [3.8, 4) is 0 Å². The number of carbonyl (C=O) groups is 3. The Kier molecular flexibility index (Phi) is 8.96. The van der Waals surface area contributed by atoms with Gasteiger partial charge >= 0.3 is 0 Å². The van der Waals surface area contributed by atoms with Gasteiger partial charge in [0.15, 0.2) is 0 Å². The van der Waals surface area contributed by atoms with Gasteiger partial charge < -0.3 is 5.32 Å². The Morgan fingerprint density at radius 1 is 1.07 bits per heavy atom. The van der Waals surface area contributed by atoms with Gasteiger partial charge in [-0.3, -0.25) is 24.2 Å². The van der Waals surface area contributed by atoms with Crippen molar-refractivity contribution < 1.29 is 27.6 Å². The van der Waals surface area contributed by atoms with Crippen molar-refractivity contribution in [1.82, 2.24) is 15.3 Å². The highest BCUT2D eigenvalue weighted by molar-refractivity contribution is 6.31. The summed E-state index contributed by atoms with van der Waals surface area (Å²) in [5.41, 5.74) is 0.228. The van der Waals surface area contributed by atoms with Gasteiger partial charge in [-0.25, -0.2) is 23.1 Å². The Labute approximate surface area is 240 Å². The van der Waals surface area contributed by atoms with Gasteiger partial charge in [0.2, 0.25) is 17.8 Å². The molecule has 2 atom stereocenters. The van der Waals surface area contributed by atoms with Crippen LogP contribution < -0.4 is 15.1 Å². The highest BCUT2D eigenvalue weighted by atomic mass is 35.5. The lowest BCUT2D eigenvalue weighted by atomic mass is 9.87. The lowest BCUT2D eigenvalue weighted by molar-refractivity contribution is -0.133. The zero-order chi connectivity index (χ0) is 28.4. The van der Waals surface area contributed by atoms with Crippen molar-refractivity contribution in [2.75, 3.05) is 9.80 Å². The van der Waals surface area contributed by atoms with Gasteiger partial charge in [-0.2, -0.15) is 0 Å². The number of amides is 3. The molecular weight excluding hydrogens is 559 g/mol. The van der Waals surface area contributed by atoms with Crippen LogP contribution in [-0.4, -0.2) is 45.7 Å². The number of alkyl halides is 2. The number of carbonyl (C=O) groups excluding carboxylic acids is 3. The molecule has 2 heterocycles. The summed E-state index contributed by atoms with van der Waals surface area (Å²) in [6, 6.07) is 9.55. The number of nitrogens with zero attached hydrogens (tertiary/aromatic N) is 4. The molecule has 216 valence electrons. The lowest BCUT2D eigenvalue weighted by Crippen LogP contribution is -2.58. The molecule has 3 amide bonds. The van der Waals surface area contributed by atoms with E-state index in [9.17, 15) is 27.6 Å². The average Bonchev–Trinajstić information content (AvgIpc) is 2.91. The minimum atomic E-state index is -2.89. The number of halogens is 4. The fraction of sp³-hybridized carbons (Fsp3) is 0.345. The Morgan fingerprint density at radius 2 is 1.78 bits per heavy atom. The summed E-state index contributed by atoms with van der Waals surface area (Å²) in [5.74, 6) is -5.41. The Balaban J connectivity index is 0.00000387. The predicted octanol–water partition coefficient (Wildman–Crippen LogP) is 5.48. The van der Waals surface area contributed by atoms with Gasteiger partial charge in [0.25, 0.3) is 11.8 Å². The molecular formula is C29H29ClF3N5O3. The summed E-state index contributed by atoms with van der Waals surface area (Å²) < 4.78 is 41.7.